The Morgan fingerprint density at radius 3 is 2.62 bits per heavy atom. The molecule has 72 valence electrons. The molecular formula is C9H14N2O2. The summed E-state index contributed by atoms with van der Waals surface area (Å²) in [5, 5.41) is 6.36. The molecule has 2 aliphatic heterocycles. The number of hydrogen-bond acceptors (Lipinski definition) is 4. The second-order valence-corrected chi connectivity index (χ2v) is 3.48. The van der Waals surface area contributed by atoms with Gasteiger partial charge in [-0.2, -0.15) is 0 Å². The molecule has 0 radical (unpaired) electrons. The fourth-order valence-corrected chi connectivity index (χ4v) is 1.66. The van der Waals surface area contributed by atoms with Crippen LogP contribution in [0.25, 0.3) is 0 Å². The molecule has 1 unspecified atom stereocenters. The fraction of sp³-hybridized carbons (Fsp3) is 0.667. The average molecular weight is 182 g/mol. The fourth-order valence-electron chi connectivity index (χ4n) is 1.66. The molecule has 0 aliphatic carbocycles. The Balaban J connectivity index is 2.16. The Morgan fingerprint density at radius 1 is 1.38 bits per heavy atom. The summed E-state index contributed by atoms with van der Waals surface area (Å²) in [5.74, 6) is 0.699. The van der Waals surface area contributed by atoms with Crippen LogP contribution in [-0.2, 0) is 9.53 Å². The Hall–Kier alpha value is -1.19. The lowest BCUT2D eigenvalue weighted by atomic mass is 10.1. The number of ether oxygens (including phenoxy) is 1. The van der Waals surface area contributed by atoms with Crippen LogP contribution in [0, 0.1) is 0 Å². The number of rotatable bonds is 0. The summed E-state index contributed by atoms with van der Waals surface area (Å²) in [6.45, 7) is 3.79. The predicted octanol–water partition coefficient (Wildman–Crippen LogP) is 0.116. The van der Waals surface area contributed by atoms with E-state index in [-0.39, 0.29) is 12.1 Å². The number of carbonyl (C=O) groups excluding carboxylic acids is 1. The smallest absolute Gasteiger partial charge is 0.338 e. The van der Waals surface area contributed by atoms with Crippen LogP contribution in [0.5, 0.6) is 0 Å². The van der Waals surface area contributed by atoms with Gasteiger partial charge in [0.05, 0.1) is 5.57 Å². The van der Waals surface area contributed by atoms with Crippen molar-refractivity contribution in [1.29, 1.82) is 0 Å². The van der Waals surface area contributed by atoms with E-state index < -0.39 is 0 Å². The minimum atomic E-state index is -0.176. The van der Waals surface area contributed by atoms with Crippen molar-refractivity contribution in [3.63, 3.8) is 0 Å². The summed E-state index contributed by atoms with van der Waals surface area (Å²) in [4.78, 5) is 11.3. The van der Waals surface area contributed by atoms with Gasteiger partial charge in [0.15, 0.2) is 0 Å². The van der Waals surface area contributed by atoms with Crippen LogP contribution in [0.2, 0.25) is 0 Å². The molecule has 0 amide bonds. The average Bonchev–Trinajstić information content (AvgIpc) is 2.47. The highest BCUT2D eigenvalue weighted by atomic mass is 16.5. The molecule has 0 aromatic heterocycles. The molecule has 0 bridgehead atoms. The van der Waals surface area contributed by atoms with Crippen molar-refractivity contribution in [2.24, 2.45) is 0 Å². The van der Waals surface area contributed by atoms with E-state index in [1.165, 1.54) is 0 Å². The Labute approximate surface area is 77.3 Å². The molecule has 1 atom stereocenters. The first-order valence-corrected chi connectivity index (χ1v) is 4.69. The van der Waals surface area contributed by atoms with E-state index in [1.807, 2.05) is 6.92 Å². The molecule has 13 heavy (non-hydrogen) atoms. The van der Waals surface area contributed by atoms with Crippen LogP contribution in [-0.4, -0.2) is 25.2 Å². The van der Waals surface area contributed by atoms with Crippen LogP contribution in [0.4, 0.5) is 0 Å². The molecule has 2 heterocycles. The summed E-state index contributed by atoms with van der Waals surface area (Å²) in [6.07, 6.45) is 1.84. The first kappa shape index (κ1) is 8.41. The third-order valence-electron chi connectivity index (χ3n) is 2.31. The maximum absolute atomic E-state index is 11.3. The van der Waals surface area contributed by atoms with Crippen molar-refractivity contribution in [2.45, 2.75) is 25.9 Å². The molecule has 0 spiro atoms. The van der Waals surface area contributed by atoms with Crippen LogP contribution in [0.1, 0.15) is 19.8 Å². The maximum Gasteiger partial charge on any atom is 0.338 e. The van der Waals surface area contributed by atoms with E-state index in [0.29, 0.717) is 6.42 Å². The second-order valence-electron chi connectivity index (χ2n) is 3.48. The molecule has 2 rings (SSSR count). The van der Waals surface area contributed by atoms with Crippen LogP contribution >= 0.6 is 0 Å². The summed E-state index contributed by atoms with van der Waals surface area (Å²) in [7, 11) is 0. The topological polar surface area (TPSA) is 50.4 Å². The Bertz CT molecular complexity index is 252. The maximum atomic E-state index is 11.3. The van der Waals surface area contributed by atoms with Crippen molar-refractivity contribution in [3.8, 4) is 0 Å². The molecule has 2 aliphatic rings. The number of nitrogens with one attached hydrogen (secondary N) is 2. The molecule has 2 fully saturated rings. The van der Waals surface area contributed by atoms with Crippen molar-refractivity contribution in [1.82, 2.24) is 10.6 Å². The van der Waals surface area contributed by atoms with Gasteiger partial charge in [-0.05, 0) is 13.3 Å². The quantitative estimate of drug-likeness (QED) is 0.412. The van der Waals surface area contributed by atoms with E-state index in [0.717, 1.165) is 30.9 Å². The van der Waals surface area contributed by atoms with Crippen LogP contribution < -0.4 is 10.6 Å². The first-order valence-electron chi connectivity index (χ1n) is 4.69. The van der Waals surface area contributed by atoms with Gasteiger partial charge in [-0.1, -0.05) is 0 Å². The van der Waals surface area contributed by atoms with E-state index in [4.69, 9.17) is 4.74 Å². The van der Waals surface area contributed by atoms with Crippen molar-refractivity contribution < 1.29 is 9.53 Å². The SMILES string of the molecule is CC1CC(=C2NCCCN2)C(=O)O1. The van der Waals surface area contributed by atoms with Gasteiger partial charge in [-0.15, -0.1) is 0 Å². The second kappa shape index (κ2) is 3.28. The van der Waals surface area contributed by atoms with Crippen molar-refractivity contribution in [3.05, 3.63) is 11.4 Å². The summed E-state index contributed by atoms with van der Waals surface area (Å²) >= 11 is 0. The lowest BCUT2D eigenvalue weighted by Gasteiger charge is -2.20. The van der Waals surface area contributed by atoms with E-state index in [9.17, 15) is 4.79 Å². The van der Waals surface area contributed by atoms with Gasteiger partial charge in [-0.3, -0.25) is 0 Å². The normalized spacial score (nSPS) is 28.1. The molecule has 0 aromatic rings. The third-order valence-corrected chi connectivity index (χ3v) is 2.31. The highest BCUT2D eigenvalue weighted by Gasteiger charge is 2.29. The standard InChI is InChI=1S/C9H14N2O2/c1-6-5-7(9(12)13-6)8-10-3-2-4-11-8/h6,10-11H,2-5H2,1H3. The van der Waals surface area contributed by atoms with Crippen molar-refractivity contribution in [2.75, 3.05) is 13.1 Å². The number of hydrogen-bond donors (Lipinski definition) is 2. The molecular weight excluding hydrogens is 168 g/mol. The van der Waals surface area contributed by atoms with Gasteiger partial charge >= 0.3 is 5.97 Å². The largest absolute Gasteiger partial charge is 0.459 e. The predicted molar refractivity (Wildman–Crippen MR) is 47.8 cm³/mol. The minimum Gasteiger partial charge on any atom is -0.459 e. The van der Waals surface area contributed by atoms with Gasteiger partial charge in [0.2, 0.25) is 0 Å². The molecule has 2 N–H and O–H groups in total. The van der Waals surface area contributed by atoms with Crippen LogP contribution in [0.3, 0.4) is 0 Å². The highest BCUT2D eigenvalue weighted by Crippen LogP contribution is 2.21. The summed E-state index contributed by atoms with van der Waals surface area (Å²) in [6, 6.07) is 0. The molecule has 4 heteroatoms. The van der Waals surface area contributed by atoms with Crippen LogP contribution in [0.15, 0.2) is 11.4 Å². The van der Waals surface area contributed by atoms with Gasteiger partial charge in [0.25, 0.3) is 0 Å². The van der Waals surface area contributed by atoms with E-state index in [1.54, 1.807) is 0 Å². The lowest BCUT2D eigenvalue weighted by molar-refractivity contribution is -0.138. The number of carbonyl (C=O) groups is 1. The Kier molecular flexibility index (Phi) is 2.12. The van der Waals surface area contributed by atoms with Gasteiger partial charge in [0.1, 0.15) is 11.9 Å². The van der Waals surface area contributed by atoms with E-state index >= 15 is 0 Å². The number of esters is 1. The minimum absolute atomic E-state index is 0.0283. The zero-order chi connectivity index (χ0) is 9.26. The van der Waals surface area contributed by atoms with Crippen molar-refractivity contribution >= 4 is 5.97 Å². The molecule has 4 nitrogen and oxygen atoms in total. The van der Waals surface area contributed by atoms with E-state index in [2.05, 4.69) is 10.6 Å². The van der Waals surface area contributed by atoms with Gasteiger partial charge in [-0.25, -0.2) is 4.79 Å². The number of cyclic esters (lactones) is 1. The molecule has 0 aromatic carbocycles. The molecule has 2 saturated heterocycles. The highest BCUT2D eigenvalue weighted by molar-refractivity contribution is 5.91. The molecule has 0 saturated carbocycles. The zero-order valence-corrected chi connectivity index (χ0v) is 7.72. The van der Waals surface area contributed by atoms with Gasteiger partial charge < -0.3 is 15.4 Å². The first-order chi connectivity index (χ1) is 6.27. The van der Waals surface area contributed by atoms with Gasteiger partial charge in [0, 0.05) is 19.5 Å². The summed E-state index contributed by atoms with van der Waals surface area (Å²) < 4.78 is 5.05. The zero-order valence-electron chi connectivity index (χ0n) is 7.72. The summed E-state index contributed by atoms with van der Waals surface area (Å²) in [5.41, 5.74) is 0.771. The lowest BCUT2D eigenvalue weighted by Crippen LogP contribution is -2.36. The third kappa shape index (κ3) is 1.61. The monoisotopic (exact) mass is 182 g/mol. The Morgan fingerprint density at radius 2 is 2.08 bits per heavy atom.